The third-order valence-corrected chi connectivity index (χ3v) is 4.63. The van der Waals surface area contributed by atoms with E-state index in [1.807, 2.05) is 17.0 Å². The minimum absolute atomic E-state index is 0.0211. The van der Waals surface area contributed by atoms with Crippen LogP contribution in [0.2, 0.25) is 0 Å². The molecule has 0 amide bonds. The van der Waals surface area contributed by atoms with Crippen LogP contribution < -0.4 is 21.9 Å². The lowest BCUT2D eigenvalue weighted by Gasteiger charge is -2.34. The molecule has 130 valence electrons. The fourth-order valence-corrected chi connectivity index (χ4v) is 3.22. The van der Waals surface area contributed by atoms with Crippen molar-refractivity contribution in [3.63, 3.8) is 0 Å². The summed E-state index contributed by atoms with van der Waals surface area (Å²) in [5, 5.41) is 9.30. The van der Waals surface area contributed by atoms with Crippen molar-refractivity contribution < 1.29 is 0 Å². The lowest BCUT2D eigenvalue weighted by molar-refractivity contribution is 0.491. The monoisotopic (exact) mass is 340 g/mol. The molecule has 0 spiro atoms. The lowest BCUT2D eigenvalue weighted by Crippen LogP contribution is -2.47. The molecule has 0 radical (unpaired) electrons. The predicted octanol–water partition coefficient (Wildman–Crippen LogP) is 0.394. The zero-order chi connectivity index (χ0) is 18.0. The second-order valence-electron chi connectivity index (χ2n) is 6.39. The first kappa shape index (κ1) is 17.0. The minimum atomic E-state index is -0.394. The molecule has 1 saturated heterocycles. The van der Waals surface area contributed by atoms with Crippen molar-refractivity contribution in [1.29, 1.82) is 5.26 Å². The van der Waals surface area contributed by atoms with E-state index in [1.165, 1.54) is 13.1 Å². The molecule has 0 saturated carbocycles. The first-order valence-electron chi connectivity index (χ1n) is 8.30. The summed E-state index contributed by atoms with van der Waals surface area (Å²) in [5.74, 6) is 0.566. The Morgan fingerprint density at radius 2 is 2.08 bits per heavy atom. The first-order valence-corrected chi connectivity index (χ1v) is 8.30. The van der Waals surface area contributed by atoms with Gasteiger partial charge in [0.25, 0.3) is 5.56 Å². The number of piperidine rings is 1. The maximum atomic E-state index is 12.7. The van der Waals surface area contributed by atoms with Gasteiger partial charge in [0, 0.05) is 32.2 Å². The molecular formula is C18H21N5O2. The fourth-order valence-electron chi connectivity index (χ4n) is 3.22. The van der Waals surface area contributed by atoms with Crippen molar-refractivity contribution >= 4 is 5.82 Å². The third kappa shape index (κ3) is 3.35. The molecule has 1 unspecified atom stereocenters. The van der Waals surface area contributed by atoms with Gasteiger partial charge in [0.05, 0.1) is 18.2 Å². The Balaban J connectivity index is 2.11. The fraction of sp³-hybridized carbons (Fsp3) is 0.389. The van der Waals surface area contributed by atoms with Crippen molar-refractivity contribution in [1.82, 2.24) is 9.13 Å². The Morgan fingerprint density at radius 1 is 1.32 bits per heavy atom. The Morgan fingerprint density at radius 3 is 2.80 bits per heavy atom. The van der Waals surface area contributed by atoms with E-state index < -0.39 is 5.69 Å². The van der Waals surface area contributed by atoms with Crippen LogP contribution in [0.15, 0.2) is 39.9 Å². The highest BCUT2D eigenvalue weighted by atomic mass is 16.2. The van der Waals surface area contributed by atoms with Gasteiger partial charge in [-0.05, 0) is 24.5 Å². The topological polar surface area (TPSA) is 97.1 Å². The molecule has 1 fully saturated rings. The second kappa shape index (κ2) is 6.95. The van der Waals surface area contributed by atoms with E-state index >= 15 is 0 Å². The number of nitrogens with zero attached hydrogens (tertiary/aromatic N) is 4. The molecule has 25 heavy (non-hydrogen) atoms. The summed E-state index contributed by atoms with van der Waals surface area (Å²) in [6.07, 6.45) is 1.85. The molecule has 7 nitrogen and oxygen atoms in total. The van der Waals surface area contributed by atoms with E-state index in [-0.39, 0.29) is 18.1 Å². The van der Waals surface area contributed by atoms with Crippen molar-refractivity contribution in [3.05, 3.63) is 62.3 Å². The first-order chi connectivity index (χ1) is 12.0. The average molecular weight is 340 g/mol. The zero-order valence-electron chi connectivity index (χ0n) is 14.2. The Hall–Kier alpha value is -2.85. The second-order valence-corrected chi connectivity index (χ2v) is 6.39. The van der Waals surface area contributed by atoms with E-state index in [4.69, 9.17) is 5.73 Å². The van der Waals surface area contributed by atoms with Gasteiger partial charge in [0.2, 0.25) is 0 Å². The van der Waals surface area contributed by atoms with Crippen LogP contribution in [-0.2, 0) is 13.6 Å². The maximum absolute atomic E-state index is 12.7. The summed E-state index contributed by atoms with van der Waals surface area (Å²) in [7, 11) is 1.46. The highest BCUT2D eigenvalue weighted by Gasteiger charge is 2.22. The molecule has 2 heterocycles. The Bertz CT molecular complexity index is 938. The molecule has 3 rings (SSSR count). The summed E-state index contributed by atoms with van der Waals surface area (Å²) in [5.41, 5.74) is 6.59. The third-order valence-electron chi connectivity index (χ3n) is 4.63. The number of rotatable bonds is 3. The smallest absolute Gasteiger partial charge is 0.332 e. The van der Waals surface area contributed by atoms with Crippen molar-refractivity contribution in [3.8, 4) is 6.07 Å². The van der Waals surface area contributed by atoms with Gasteiger partial charge in [-0.2, -0.15) is 5.26 Å². The summed E-state index contributed by atoms with van der Waals surface area (Å²) < 4.78 is 2.64. The van der Waals surface area contributed by atoms with Crippen LogP contribution >= 0.6 is 0 Å². The molecule has 2 aromatic rings. The number of nitrogens with two attached hydrogens (primary N) is 1. The highest BCUT2D eigenvalue weighted by Crippen LogP contribution is 2.19. The molecule has 0 aliphatic carbocycles. The van der Waals surface area contributed by atoms with E-state index in [1.54, 1.807) is 16.7 Å². The van der Waals surface area contributed by atoms with Crippen LogP contribution in [0.4, 0.5) is 5.82 Å². The molecule has 1 aromatic carbocycles. The number of hydrogen-bond acceptors (Lipinski definition) is 5. The number of nitriles is 1. The minimum Gasteiger partial charge on any atom is -0.356 e. The summed E-state index contributed by atoms with van der Waals surface area (Å²) in [6, 6.07) is 10.8. The zero-order valence-corrected chi connectivity index (χ0v) is 14.2. The normalized spacial score (nSPS) is 17.3. The Kier molecular flexibility index (Phi) is 4.72. The van der Waals surface area contributed by atoms with Gasteiger partial charge in [-0.1, -0.05) is 18.2 Å². The van der Waals surface area contributed by atoms with Gasteiger partial charge in [-0.25, -0.2) is 4.79 Å². The van der Waals surface area contributed by atoms with Crippen molar-refractivity contribution in [2.24, 2.45) is 12.8 Å². The summed E-state index contributed by atoms with van der Waals surface area (Å²) >= 11 is 0. The van der Waals surface area contributed by atoms with E-state index in [2.05, 4.69) is 6.07 Å². The number of benzene rings is 1. The van der Waals surface area contributed by atoms with Crippen LogP contribution in [0.25, 0.3) is 0 Å². The maximum Gasteiger partial charge on any atom is 0.332 e. The molecule has 7 heteroatoms. The number of aromatic nitrogens is 2. The molecule has 1 aliphatic heterocycles. The molecule has 1 aromatic heterocycles. The molecular weight excluding hydrogens is 319 g/mol. The quantitative estimate of drug-likeness (QED) is 0.816. The van der Waals surface area contributed by atoms with E-state index in [0.717, 1.165) is 29.5 Å². The van der Waals surface area contributed by atoms with Gasteiger partial charge in [-0.3, -0.25) is 13.9 Å². The number of hydrogen-bond donors (Lipinski definition) is 1. The largest absolute Gasteiger partial charge is 0.356 e. The SMILES string of the molecule is Cn1c(=O)cc(N2CCCC([15NH2])C2)n(Cc2ccccc2C#N)c1=O. The van der Waals surface area contributed by atoms with Gasteiger partial charge in [-0.15, -0.1) is 0 Å². The van der Waals surface area contributed by atoms with E-state index in [9.17, 15) is 14.9 Å². The van der Waals surface area contributed by atoms with Crippen molar-refractivity contribution in [2.45, 2.75) is 25.4 Å². The van der Waals surface area contributed by atoms with Gasteiger partial charge in [0.1, 0.15) is 5.82 Å². The average Bonchev–Trinajstić information content (AvgIpc) is 2.62. The van der Waals surface area contributed by atoms with Crippen molar-refractivity contribution in [2.75, 3.05) is 18.0 Å². The highest BCUT2D eigenvalue weighted by molar-refractivity contribution is 5.42. The van der Waals surface area contributed by atoms with Gasteiger partial charge < -0.3 is 10.6 Å². The van der Waals surface area contributed by atoms with Crippen LogP contribution in [0, 0.1) is 11.3 Å². The summed E-state index contributed by atoms with van der Waals surface area (Å²) in [4.78, 5) is 26.9. The van der Waals surface area contributed by atoms with Crippen LogP contribution in [-0.4, -0.2) is 28.3 Å². The molecule has 0 bridgehead atoms. The standard InChI is InChI=1S/C18H21N5O2/c1-21-17(24)9-16(22-8-4-7-15(20)12-22)23(18(21)25)11-14-6-3-2-5-13(14)10-19/h2-3,5-6,9,15H,4,7-8,11-12,20H2,1H3/i20+1. The number of anilines is 1. The van der Waals surface area contributed by atoms with Crippen LogP contribution in [0.1, 0.15) is 24.0 Å². The predicted molar refractivity (Wildman–Crippen MR) is 95.6 cm³/mol. The lowest BCUT2D eigenvalue weighted by atomic mass is 10.1. The molecule has 2 N–H and O–H groups in total. The molecule has 1 aliphatic rings. The Labute approximate surface area is 145 Å². The van der Waals surface area contributed by atoms with E-state index in [0.29, 0.717) is 17.9 Å². The van der Waals surface area contributed by atoms with Gasteiger partial charge >= 0.3 is 5.69 Å². The molecule has 1 atom stereocenters. The summed E-state index contributed by atoms with van der Waals surface area (Å²) in [6.45, 7) is 1.59. The van der Waals surface area contributed by atoms with Crippen LogP contribution in [0.5, 0.6) is 0 Å². The van der Waals surface area contributed by atoms with Gasteiger partial charge in [0.15, 0.2) is 0 Å². The van der Waals surface area contributed by atoms with Crippen LogP contribution in [0.3, 0.4) is 0 Å².